The van der Waals surface area contributed by atoms with Crippen molar-refractivity contribution in [2.24, 2.45) is 0 Å². The summed E-state index contributed by atoms with van der Waals surface area (Å²) in [7, 11) is 1.69. The van der Waals surface area contributed by atoms with E-state index in [0.717, 1.165) is 12.3 Å². The van der Waals surface area contributed by atoms with E-state index >= 15 is 0 Å². The van der Waals surface area contributed by atoms with Gasteiger partial charge in [0.15, 0.2) is 0 Å². The third-order valence-electron chi connectivity index (χ3n) is 3.20. The van der Waals surface area contributed by atoms with Crippen molar-refractivity contribution in [2.75, 3.05) is 18.6 Å². The van der Waals surface area contributed by atoms with Gasteiger partial charge in [0.05, 0.1) is 13.2 Å². The number of hydrogen-bond donors (Lipinski definition) is 0. The largest absolute Gasteiger partial charge is 0.497 e. The smallest absolute Gasteiger partial charge is 0.119 e. The van der Waals surface area contributed by atoms with Gasteiger partial charge in [-0.1, -0.05) is 30.3 Å². The van der Waals surface area contributed by atoms with Crippen LogP contribution in [0.4, 0.5) is 5.69 Å². The van der Waals surface area contributed by atoms with E-state index in [1.807, 2.05) is 12.1 Å². The van der Waals surface area contributed by atoms with Crippen LogP contribution < -0.4 is 9.64 Å². The lowest BCUT2D eigenvalue weighted by Gasteiger charge is -2.06. The minimum Gasteiger partial charge on any atom is -0.497 e. The molecule has 2 aromatic rings. The maximum atomic E-state index is 5.16. The molecule has 1 aliphatic rings. The third kappa shape index (κ3) is 1.98. The molecule has 3 rings (SSSR count). The van der Waals surface area contributed by atoms with Crippen molar-refractivity contribution in [2.45, 2.75) is 6.04 Å². The topological polar surface area (TPSA) is 12.2 Å². The zero-order chi connectivity index (χ0) is 11.7. The maximum Gasteiger partial charge on any atom is 0.119 e. The molecular weight excluding hydrogens is 210 g/mol. The molecule has 2 nitrogen and oxygen atoms in total. The summed E-state index contributed by atoms with van der Waals surface area (Å²) in [4.78, 5) is 2.38. The predicted molar refractivity (Wildman–Crippen MR) is 69.5 cm³/mol. The average molecular weight is 225 g/mol. The molecule has 17 heavy (non-hydrogen) atoms. The lowest BCUT2D eigenvalue weighted by atomic mass is 10.2. The molecule has 1 unspecified atom stereocenters. The second kappa shape index (κ2) is 4.13. The van der Waals surface area contributed by atoms with Gasteiger partial charge in [-0.05, 0) is 29.8 Å². The van der Waals surface area contributed by atoms with Crippen LogP contribution in [0.2, 0.25) is 0 Å². The number of rotatable bonds is 3. The van der Waals surface area contributed by atoms with E-state index in [-0.39, 0.29) is 0 Å². The van der Waals surface area contributed by atoms with Gasteiger partial charge in [0.2, 0.25) is 0 Å². The Morgan fingerprint density at radius 3 is 2.35 bits per heavy atom. The molecule has 0 bridgehead atoms. The molecule has 1 saturated heterocycles. The molecule has 0 spiro atoms. The van der Waals surface area contributed by atoms with Crippen molar-refractivity contribution >= 4 is 5.69 Å². The standard InChI is InChI=1S/C15H15NO/c1-17-14-9-7-13(8-10-14)16-11-15(16)12-5-3-2-4-6-12/h2-10,15H,11H2,1H3. The second-order valence-electron chi connectivity index (χ2n) is 4.28. The van der Waals surface area contributed by atoms with Gasteiger partial charge >= 0.3 is 0 Å². The average Bonchev–Trinajstić information content (AvgIpc) is 3.20. The highest BCUT2D eigenvalue weighted by Crippen LogP contribution is 2.39. The van der Waals surface area contributed by atoms with E-state index in [9.17, 15) is 0 Å². The number of methoxy groups -OCH3 is 1. The van der Waals surface area contributed by atoms with Gasteiger partial charge < -0.3 is 9.64 Å². The molecule has 0 aliphatic carbocycles. The van der Waals surface area contributed by atoms with Gasteiger partial charge in [0, 0.05) is 12.2 Å². The first-order valence-electron chi connectivity index (χ1n) is 5.84. The molecule has 1 aliphatic heterocycles. The zero-order valence-electron chi connectivity index (χ0n) is 9.84. The zero-order valence-corrected chi connectivity index (χ0v) is 9.84. The Kier molecular flexibility index (Phi) is 2.48. The summed E-state index contributed by atoms with van der Waals surface area (Å²) >= 11 is 0. The number of ether oxygens (including phenoxy) is 1. The highest BCUT2D eigenvalue weighted by molar-refractivity contribution is 5.57. The van der Waals surface area contributed by atoms with E-state index in [4.69, 9.17) is 4.74 Å². The van der Waals surface area contributed by atoms with E-state index in [1.165, 1.54) is 11.3 Å². The van der Waals surface area contributed by atoms with Crippen LogP contribution in [0, 0.1) is 0 Å². The minimum atomic E-state index is 0.546. The van der Waals surface area contributed by atoms with Gasteiger partial charge in [0.25, 0.3) is 0 Å². The van der Waals surface area contributed by atoms with Gasteiger partial charge in [0.1, 0.15) is 5.75 Å². The SMILES string of the molecule is COc1ccc(N2CC2c2ccccc2)cc1. The second-order valence-corrected chi connectivity index (χ2v) is 4.28. The first-order chi connectivity index (χ1) is 8.38. The van der Waals surface area contributed by atoms with E-state index < -0.39 is 0 Å². The van der Waals surface area contributed by atoms with E-state index in [2.05, 4.69) is 47.4 Å². The number of nitrogens with zero attached hydrogens (tertiary/aromatic N) is 1. The molecule has 1 atom stereocenters. The van der Waals surface area contributed by atoms with Crippen LogP contribution >= 0.6 is 0 Å². The Morgan fingerprint density at radius 1 is 1.00 bits per heavy atom. The third-order valence-corrected chi connectivity index (χ3v) is 3.20. The molecule has 0 N–H and O–H groups in total. The van der Waals surface area contributed by atoms with E-state index in [1.54, 1.807) is 7.11 Å². The van der Waals surface area contributed by atoms with Crippen molar-refractivity contribution in [3.05, 3.63) is 60.2 Å². The molecule has 86 valence electrons. The van der Waals surface area contributed by atoms with Crippen LogP contribution in [0.3, 0.4) is 0 Å². The van der Waals surface area contributed by atoms with Crippen LogP contribution in [0.5, 0.6) is 5.75 Å². The van der Waals surface area contributed by atoms with Crippen molar-refractivity contribution < 1.29 is 4.74 Å². The fraction of sp³-hybridized carbons (Fsp3) is 0.200. The van der Waals surface area contributed by atoms with Crippen LogP contribution in [-0.4, -0.2) is 13.7 Å². The summed E-state index contributed by atoms with van der Waals surface area (Å²) in [5, 5.41) is 0. The minimum absolute atomic E-state index is 0.546. The van der Waals surface area contributed by atoms with Crippen LogP contribution in [-0.2, 0) is 0 Å². The summed E-state index contributed by atoms with van der Waals surface area (Å²) < 4.78 is 5.16. The Morgan fingerprint density at radius 2 is 1.71 bits per heavy atom. The highest BCUT2D eigenvalue weighted by Gasteiger charge is 2.35. The molecule has 0 saturated carbocycles. The normalized spacial score (nSPS) is 17.9. The fourth-order valence-corrected chi connectivity index (χ4v) is 2.16. The molecule has 1 heterocycles. The van der Waals surface area contributed by atoms with E-state index in [0.29, 0.717) is 6.04 Å². The monoisotopic (exact) mass is 225 g/mol. The summed E-state index contributed by atoms with van der Waals surface area (Å²) in [5.74, 6) is 0.909. The van der Waals surface area contributed by atoms with Crippen LogP contribution in [0.15, 0.2) is 54.6 Å². The van der Waals surface area contributed by atoms with Gasteiger partial charge in [-0.15, -0.1) is 0 Å². The Labute approximate surface area is 101 Å². The molecule has 0 amide bonds. The Bertz CT molecular complexity index is 492. The van der Waals surface area contributed by atoms with Crippen LogP contribution in [0.1, 0.15) is 11.6 Å². The lowest BCUT2D eigenvalue weighted by Crippen LogP contribution is -1.94. The predicted octanol–water partition coefficient (Wildman–Crippen LogP) is 3.26. The molecule has 0 aromatic heterocycles. The van der Waals surface area contributed by atoms with Crippen molar-refractivity contribution in [3.8, 4) is 5.75 Å². The molecular formula is C15H15NO. The number of hydrogen-bond acceptors (Lipinski definition) is 2. The van der Waals surface area contributed by atoms with Crippen LogP contribution in [0.25, 0.3) is 0 Å². The first kappa shape index (κ1) is 10.2. The van der Waals surface area contributed by atoms with Crippen molar-refractivity contribution in [1.29, 1.82) is 0 Å². The first-order valence-corrected chi connectivity index (χ1v) is 5.84. The Balaban J connectivity index is 1.76. The Hall–Kier alpha value is -1.96. The number of anilines is 1. The molecule has 1 fully saturated rings. The summed E-state index contributed by atoms with van der Waals surface area (Å²) in [6.07, 6.45) is 0. The quantitative estimate of drug-likeness (QED) is 0.743. The van der Waals surface area contributed by atoms with Crippen molar-refractivity contribution in [1.82, 2.24) is 0 Å². The molecule has 0 radical (unpaired) electrons. The summed E-state index contributed by atoms with van der Waals surface area (Å²) in [5.41, 5.74) is 2.66. The molecule has 2 heteroatoms. The summed E-state index contributed by atoms with van der Waals surface area (Å²) in [6, 6.07) is 19.4. The number of benzene rings is 2. The lowest BCUT2D eigenvalue weighted by molar-refractivity contribution is 0.415. The van der Waals surface area contributed by atoms with Gasteiger partial charge in [-0.3, -0.25) is 0 Å². The fourth-order valence-electron chi connectivity index (χ4n) is 2.16. The van der Waals surface area contributed by atoms with Gasteiger partial charge in [-0.2, -0.15) is 0 Å². The van der Waals surface area contributed by atoms with Gasteiger partial charge in [-0.25, -0.2) is 0 Å². The molecule has 2 aromatic carbocycles. The van der Waals surface area contributed by atoms with Crippen molar-refractivity contribution in [3.63, 3.8) is 0 Å². The summed E-state index contributed by atoms with van der Waals surface area (Å²) in [6.45, 7) is 1.11. The highest BCUT2D eigenvalue weighted by atomic mass is 16.5. The maximum absolute atomic E-state index is 5.16.